The Balaban J connectivity index is 0.513. The number of fused-ring (bicyclic) bond motifs is 10. The molecule has 0 aliphatic heterocycles. The van der Waals surface area contributed by atoms with Crippen LogP contribution >= 0.6 is 0 Å². The molecule has 0 heterocycles. The van der Waals surface area contributed by atoms with Crippen molar-refractivity contribution in [1.29, 1.82) is 0 Å². The number of hydrogen-bond acceptors (Lipinski definition) is 1. The zero-order valence-corrected chi connectivity index (χ0v) is 63.1. The van der Waals surface area contributed by atoms with E-state index < -0.39 is 0 Å². The van der Waals surface area contributed by atoms with Crippen molar-refractivity contribution in [3.63, 3.8) is 0 Å². The van der Waals surface area contributed by atoms with Gasteiger partial charge in [-0.3, -0.25) is 0 Å². The van der Waals surface area contributed by atoms with Gasteiger partial charge < -0.3 is 4.74 Å². The molecule has 0 aromatic rings. The molecule has 0 saturated heterocycles. The van der Waals surface area contributed by atoms with Gasteiger partial charge in [-0.2, -0.15) is 0 Å². The zero-order chi connectivity index (χ0) is 64.4. The lowest BCUT2D eigenvalue weighted by atomic mass is 9.46. The fourth-order valence-electron chi connectivity index (χ4n) is 23.7. The Bertz CT molecular complexity index is 1950. The van der Waals surface area contributed by atoms with Crippen LogP contribution < -0.4 is 0 Å². The highest BCUT2D eigenvalue weighted by atomic mass is 16.5. The van der Waals surface area contributed by atoms with E-state index >= 15 is 0 Å². The molecular weight excluding hydrogens is 1100 g/mol. The summed E-state index contributed by atoms with van der Waals surface area (Å²) in [6.45, 7) is 27.9. The first-order chi connectivity index (χ1) is 44.2. The molecule has 0 bridgehead atoms. The van der Waals surface area contributed by atoms with Crippen molar-refractivity contribution in [2.75, 3.05) is 13.2 Å². The second-order valence-electron chi connectivity index (χ2n) is 36.6. The molecule has 0 aromatic heterocycles. The Kier molecular flexibility index (Phi) is 32.9. The first-order valence-electron chi connectivity index (χ1n) is 42.4. The molecule has 8 aliphatic rings. The Morgan fingerprint density at radius 3 is 1.07 bits per heavy atom. The lowest BCUT2D eigenvalue weighted by Crippen LogP contribution is -2.50. The van der Waals surface area contributed by atoms with Crippen LogP contribution in [0.15, 0.2) is 47.6 Å². The summed E-state index contributed by atoms with van der Waals surface area (Å²) >= 11 is 0. The average Bonchev–Trinajstić information content (AvgIpc) is 1.73. The second-order valence-corrected chi connectivity index (χ2v) is 36.6. The van der Waals surface area contributed by atoms with Gasteiger partial charge in [-0.05, 0) is 271 Å². The molecule has 0 radical (unpaired) electrons. The first kappa shape index (κ1) is 75.7. The predicted molar refractivity (Wildman–Crippen MR) is 401 cm³/mol. The van der Waals surface area contributed by atoms with Crippen molar-refractivity contribution in [3.8, 4) is 0 Å². The van der Waals surface area contributed by atoms with Gasteiger partial charge >= 0.3 is 0 Å². The highest BCUT2D eigenvalue weighted by Crippen LogP contribution is 2.70. The number of unbranched alkanes of at least 4 members (excludes halogenated alkanes) is 24. The van der Waals surface area contributed by atoms with E-state index in [0.717, 1.165) is 96.1 Å². The van der Waals surface area contributed by atoms with Gasteiger partial charge in [0.2, 0.25) is 0 Å². The minimum atomic E-state index is 0.520. The molecular formula is C90H158O. The normalized spacial score (nSPS) is 33.6. The second kappa shape index (κ2) is 39.5. The molecule has 6 saturated carbocycles. The SMILES string of the molecule is CC(C)CCC[C@@H](C)[C@H]1CCC2C3CC=C4CC(CCCCCCCC/C=C\CCCCCCCCOCCCCCCCC/C=C\CCCCCCCCC5CC[C@@]6(C)C(=CCC7C6CC[C@@]6(C)C7CC[C@@H]6[C@H](C)CCCC(C)C)C5)CC[C@]4(C)C3CC[C@@]21C. The maximum absolute atomic E-state index is 6.02. The van der Waals surface area contributed by atoms with Crippen molar-refractivity contribution in [1.82, 2.24) is 0 Å². The number of hydrogen-bond donors (Lipinski definition) is 0. The van der Waals surface area contributed by atoms with Crippen LogP contribution in [0.4, 0.5) is 0 Å². The summed E-state index contributed by atoms with van der Waals surface area (Å²) in [7, 11) is 0. The summed E-state index contributed by atoms with van der Waals surface area (Å²) in [5.74, 6) is 13.4. The maximum atomic E-state index is 6.02. The van der Waals surface area contributed by atoms with Gasteiger partial charge in [0.15, 0.2) is 0 Å². The number of allylic oxidation sites excluding steroid dienone is 8. The third-order valence-corrected chi connectivity index (χ3v) is 29.4. The Morgan fingerprint density at radius 2 is 0.703 bits per heavy atom. The summed E-state index contributed by atoms with van der Waals surface area (Å²) in [5, 5.41) is 0. The molecule has 524 valence electrons. The molecule has 0 amide bonds. The van der Waals surface area contributed by atoms with Crippen LogP contribution in [0, 0.1) is 105 Å². The summed E-state index contributed by atoms with van der Waals surface area (Å²) in [5.41, 5.74) is 6.12. The quantitative estimate of drug-likeness (QED) is 0.0436. The molecule has 8 aliphatic carbocycles. The minimum absolute atomic E-state index is 0.520. The van der Waals surface area contributed by atoms with Gasteiger partial charge in [0.1, 0.15) is 0 Å². The van der Waals surface area contributed by atoms with Crippen molar-refractivity contribution in [2.45, 2.75) is 403 Å². The molecule has 1 nitrogen and oxygen atoms in total. The highest BCUT2D eigenvalue weighted by Gasteiger charge is 2.61. The molecule has 8 unspecified atom stereocenters. The number of ether oxygens (including phenoxy) is 1. The lowest BCUT2D eigenvalue weighted by Gasteiger charge is -2.58. The third kappa shape index (κ3) is 22.0. The van der Waals surface area contributed by atoms with E-state index in [9.17, 15) is 0 Å². The topological polar surface area (TPSA) is 9.23 Å². The van der Waals surface area contributed by atoms with Gasteiger partial charge in [0.05, 0.1) is 0 Å². The Morgan fingerprint density at radius 1 is 0.363 bits per heavy atom. The van der Waals surface area contributed by atoms with Crippen LogP contribution in [-0.4, -0.2) is 13.2 Å². The molecule has 16 atom stereocenters. The van der Waals surface area contributed by atoms with E-state index in [1.54, 1.807) is 0 Å². The predicted octanol–water partition coefficient (Wildman–Crippen LogP) is 29.1. The van der Waals surface area contributed by atoms with Crippen LogP contribution in [0.25, 0.3) is 0 Å². The van der Waals surface area contributed by atoms with Crippen molar-refractivity contribution >= 4 is 0 Å². The van der Waals surface area contributed by atoms with Crippen LogP contribution in [-0.2, 0) is 4.74 Å². The van der Waals surface area contributed by atoms with E-state index in [4.69, 9.17) is 4.74 Å². The summed E-state index contributed by atoms with van der Waals surface area (Å²) in [6.07, 6.45) is 90.1. The van der Waals surface area contributed by atoms with Crippen LogP contribution in [0.5, 0.6) is 0 Å². The fourth-order valence-corrected chi connectivity index (χ4v) is 23.7. The van der Waals surface area contributed by atoms with Crippen LogP contribution in [0.3, 0.4) is 0 Å². The van der Waals surface area contributed by atoms with Gasteiger partial charge in [0, 0.05) is 13.2 Å². The molecule has 6 fully saturated rings. The first-order valence-corrected chi connectivity index (χ1v) is 42.4. The van der Waals surface area contributed by atoms with Gasteiger partial charge in [-0.15, -0.1) is 0 Å². The smallest absolute Gasteiger partial charge is 0.0466 e. The zero-order valence-electron chi connectivity index (χ0n) is 63.1. The molecule has 1 heteroatoms. The molecule has 0 spiro atoms. The van der Waals surface area contributed by atoms with E-state index in [0.29, 0.717) is 21.7 Å². The summed E-state index contributed by atoms with van der Waals surface area (Å²) in [4.78, 5) is 0. The molecule has 91 heavy (non-hydrogen) atoms. The molecule has 0 aromatic carbocycles. The Labute approximate surface area is 570 Å². The molecule has 8 rings (SSSR count). The van der Waals surface area contributed by atoms with Crippen molar-refractivity contribution in [3.05, 3.63) is 47.6 Å². The highest BCUT2D eigenvalue weighted by molar-refractivity contribution is 5.27. The average molecular weight is 1260 g/mol. The third-order valence-electron chi connectivity index (χ3n) is 29.4. The largest absolute Gasteiger partial charge is 0.381 e. The van der Waals surface area contributed by atoms with Crippen molar-refractivity contribution < 1.29 is 4.74 Å². The van der Waals surface area contributed by atoms with Crippen LogP contribution in [0.2, 0.25) is 0 Å². The van der Waals surface area contributed by atoms with E-state index in [2.05, 4.69) is 106 Å². The maximum Gasteiger partial charge on any atom is 0.0466 e. The van der Waals surface area contributed by atoms with E-state index in [1.807, 2.05) is 11.1 Å². The fraction of sp³-hybridized carbons (Fsp3) is 0.911. The van der Waals surface area contributed by atoms with E-state index in [1.165, 1.54) is 334 Å². The number of rotatable bonds is 46. The summed E-state index contributed by atoms with van der Waals surface area (Å²) in [6, 6.07) is 0. The van der Waals surface area contributed by atoms with Gasteiger partial charge in [-0.25, -0.2) is 0 Å². The monoisotopic (exact) mass is 1260 g/mol. The summed E-state index contributed by atoms with van der Waals surface area (Å²) < 4.78 is 6.02. The minimum Gasteiger partial charge on any atom is -0.381 e. The molecule has 0 N–H and O–H groups in total. The van der Waals surface area contributed by atoms with Crippen molar-refractivity contribution in [2.24, 2.45) is 105 Å². The van der Waals surface area contributed by atoms with Gasteiger partial charge in [-0.1, -0.05) is 284 Å². The van der Waals surface area contributed by atoms with Gasteiger partial charge in [0.25, 0.3) is 0 Å². The standard InChI is InChI=1S/C90H158O/c1-71(2)45-43-47-73(5)81-55-57-83-79-53-51-77-69-75(59-63-87(77,7)85(79)61-65-89(81,83)9)49-39-35-31-27-23-19-15-11-13-17-21-25-29-33-37-41-67-91-68-42-38-34-30-26-22-18-14-12-16-20-24-28-32-36-40-50-76-60-64-88(8)78(70-76)52-54-80-84-58-56-82(74(6)48-44-46-72(3)4)90(84,10)66-62-86(80)88/h11-14,51-52,71-76,79-86H,15-50,53-70H2,1-10H3/b13-11-,14-12-/t73-,74-,75?,76?,79?,80?,81-,82-,83?,84?,85?,86?,87+,88+,89-,90-/m1/s1. The Hall–Kier alpha value is -1.08. The lowest BCUT2D eigenvalue weighted by molar-refractivity contribution is -0.0530. The van der Waals surface area contributed by atoms with E-state index in [-0.39, 0.29) is 0 Å². The van der Waals surface area contributed by atoms with Crippen LogP contribution in [0.1, 0.15) is 403 Å².